The van der Waals surface area contributed by atoms with Gasteiger partial charge in [0.1, 0.15) is 18.1 Å². The minimum absolute atomic E-state index is 0.0630. The van der Waals surface area contributed by atoms with Crippen molar-refractivity contribution >= 4 is 33.4 Å². The molecule has 34 heavy (non-hydrogen) atoms. The van der Waals surface area contributed by atoms with E-state index in [2.05, 4.69) is 5.32 Å². The van der Waals surface area contributed by atoms with Gasteiger partial charge in [0.25, 0.3) is 10.0 Å². The lowest BCUT2D eigenvalue weighted by molar-refractivity contribution is -0.119. The summed E-state index contributed by atoms with van der Waals surface area (Å²) in [6.07, 6.45) is 0. The van der Waals surface area contributed by atoms with Crippen molar-refractivity contribution in [2.45, 2.75) is 17.6 Å². The second kappa shape index (κ2) is 12.4. The van der Waals surface area contributed by atoms with Gasteiger partial charge in [-0.2, -0.15) is 11.8 Å². The van der Waals surface area contributed by atoms with E-state index in [0.29, 0.717) is 41.7 Å². The first kappa shape index (κ1) is 25.6. The largest absolute Gasteiger partial charge is 0.494 e. The quantitative estimate of drug-likeness (QED) is 0.370. The van der Waals surface area contributed by atoms with Crippen molar-refractivity contribution in [2.24, 2.45) is 0 Å². The Morgan fingerprint density at radius 1 is 1.00 bits per heavy atom. The fraction of sp³-hybridized carbons (Fsp3) is 0.240. The van der Waals surface area contributed by atoms with Gasteiger partial charge in [-0.3, -0.25) is 9.10 Å². The molecule has 0 unspecified atom stereocenters. The third-order valence-electron chi connectivity index (χ3n) is 4.84. The second-order valence-electron chi connectivity index (χ2n) is 7.25. The van der Waals surface area contributed by atoms with Crippen LogP contribution in [0.3, 0.4) is 0 Å². The highest BCUT2D eigenvalue weighted by Crippen LogP contribution is 2.25. The zero-order valence-corrected chi connectivity index (χ0v) is 20.4. The van der Waals surface area contributed by atoms with Crippen LogP contribution in [0, 0.1) is 5.82 Å². The molecule has 0 aliphatic rings. The maximum Gasteiger partial charge on any atom is 0.264 e. The van der Waals surface area contributed by atoms with Crippen molar-refractivity contribution in [1.29, 1.82) is 0 Å². The molecule has 0 aliphatic carbocycles. The summed E-state index contributed by atoms with van der Waals surface area (Å²) >= 11 is 1.49. The van der Waals surface area contributed by atoms with E-state index < -0.39 is 15.9 Å². The van der Waals surface area contributed by atoms with E-state index >= 15 is 0 Å². The Morgan fingerprint density at radius 2 is 1.68 bits per heavy atom. The van der Waals surface area contributed by atoms with E-state index in [1.54, 1.807) is 60.7 Å². The van der Waals surface area contributed by atoms with Gasteiger partial charge in [0.15, 0.2) is 0 Å². The summed E-state index contributed by atoms with van der Waals surface area (Å²) in [6.45, 7) is 2.29. The number of hydrogen-bond donors (Lipinski definition) is 1. The number of carbonyl (C=O) groups excluding carboxylic acids is 1. The Kier molecular flexibility index (Phi) is 9.35. The number of halogens is 1. The molecule has 0 saturated carbocycles. The second-order valence-corrected chi connectivity index (χ2v) is 10.2. The number of sulfonamides is 1. The van der Waals surface area contributed by atoms with Crippen molar-refractivity contribution in [1.82, 2.24) is 5.32 Å². The van der Waals surface area contributed by atoms with Gasteiger partial charge in [0, 0.05) is 18.1 Å². The first-order valence-electron chi connectivity index (χ1n) is 10.8. The van der Waals surface area contributed by atoms with Crippen LogP contribution in [0.25, 0.3) is 0 Å². The molecule has 1 amide bonds. The van der Waals surface area contributed by atoms with Crippen LogP contribution in [0.5, 0.6) is 5.75 Å². The number of ether oxygens (including phenoxy) is 1. The summed E-state index contributed by atoms with van der Waals surface area (Å²) in [5.41, 5.74) is 0.996. The normalized spacial score (nSPS) is 11.1. The zero-order valence-electron chi connectivity index (χ0n) is 18.8. The van der Waals surface area contributed by atoms with E-state index in [4.69, 9.17) is 4.74 Å². The van der Waals surface area contributed by atoms with Crippen LogP contribution in [0.1, 0.15) is 12.5 Å². The molecule has 1 N–H and O–H groups in total. The molecule has 0 spiro atoms. The van der Waals surface area contributed by atoms with Crippen LogP contribution in [-0.2, 0) is 20.6 Å². The third kappa shape index (κ3) is 6.98. The van der Waals surface area contributed by atoms with Gasteiger partial charge < -0.3 is 10.1 Å². The van der Waals surface area contributed by atoms with Crippen molar-refractivity contribution < 1.29 is 22.3 Å². The Bertz CT molecular complexity index is 1170. The van der Waals surface area contributed by atoms with Crippen LogP contribution in [0.15, 0.2) is 83.8 Å². The zero-order chi connectivity index (χ0) is 24.4. The number of para-hydroxylation sites is 1. The smallest absolute Gasteiger partial charge is 0.264 e. The summed E-state index contributed by atoms with van der Waals surface area (Å²) in [5, 5.41) is 2.75. The van der Waals surface area contributed by atoms with E-state index in [9.17, 15) is 17.6 Å². The highest BCUT2D eigenvalue weighted by molar-refractivity contribution is 7.98. The number of anilines is 1. The molecular weight excluding hydrogens is 475 g/mol. The third-order valence-corrected chi connectivity index (χ3v) is 7.63. The molecule has 0 heterocycles. The molecule has 3 aromatic carbocycles. The Balaban J connectivity index is 1.63. The standard InChI is InChI=1S/C25H27FN2O4S2/c1-2-32-22-12-14-23(15-13-22)34(30,31)28(21-9-4-3-5-10-21)18-25(29)27-16-17-33-19-20-8-6-7-11-24(20)26/h3-15H,2,16-19H2,1H3,(H,27,29). The number of amides is 1. The molecule has 3 rings (SSSR count). The van der Waals surface area contributed by atoms with Gasteiger partial charge in [0.2, 0.25) is 5.91 Å². The highest BCUT2D eigenvalue weighted by atomic mass is 32.2. The summed E-state index contributed by atoms with van der Waals surface area (Å²) < 4.78 is 46.9. The monoisotopic (exact) mass is 502 g/mol. The number of hydrogen-bond acceptors (Lipinski definition) is 5. The van der Waals surface area contributed by atoms with Crippen molar-refractivity contribution in [2.75, 3.05) is 29.8 Å². The van der Waals surface area contributed by atoms with E-state index in [1.165, 1.54) is 30.0 Å². The molecule has 0 aromatic heterocycles. The molecule has 9 heteroatoms. The maximum absolute atomic E-state index is 13.7. The van der Waals surface area contributed by atoms with E-state index in [1.807, 2.05) is 6.92 Å². The molecular formula is C25H27FN2O4S2. The van der Waals surface area contributed by atoms with E-state index in [0.717, 1.165) is 4.31 Å². The summed E-state index contributed by atoms with van der Waals surface area (Å²) in [4.78, 5) is 12.7. The van der Waals surface area contributed by atoms with Crippen LogP contribution >= 0.6 is 11.8 Å². The Morgan fingerprint density at radius 3 is 2.35 bits per heavy atom. The molecule has 0 saturated heterocycles. The maximum atomic E-state index is 13.7. The van der Waals surface area contributed by atoms with Crippen molar-refractivity contribution in [3.05, 3.63) is 90.2 Å². The number of benzene rings is 3. The first-order chi connectivity index (χ1) is 16.4. The molecule has 0 fully saturated rings. The lowest BCUT2D eigenvalue weighted by Crippen LogP contribution is -2.41. The highest BCUT2D eigenvalue weighted by Gasteiger charge is 2.27. The molecule has 0 bridgehead atoms. The molecule has 0 atom stereocenters. The molecule has 0 aliphatic heterocycles. The van der Waals surface area contributed by atoms with Crippen LogP contribution < -0.4 is 14.4 Å². The predicted octanol–water partition coefficient (Wildman–Crippen LogP) is 4.47. The molecule has 0 radical (unpaired) electrons. The van der Waals surface area contributed by atoms with Crippen molar-refractivity contribution in [3.63, 3.8) is 0 Å². The van der Waals surface area contributed by atoms with Gasteiger partial charge in [-0.05, 0) is 55.0 Å². The molecule has 3 aromatic rings. The minimum atomic E-state index is -3.99. The van der Waals surface area contributed by atoms with Gasteiger partial charge in [-0.25, -0.2) is 12.8 Å². The predicted molar refractivity (Wildman–Crippen MR) is 134 cm³/mol. The van der Waals surface area contributed by atoms with Crippen LogP contribution in [0.2, 0.25) is 0 Å². The Hall–Kier alpha value is -3.04. The average Bonchev–Trinajstić information content (AvgIpc) is 2.84. The lowest BCUT2D eigenvalue weighted by atomic mass is 10.2. The van der Waals surface area contributed by atoms with Gasteiger partial charge in [-0.1, -0.05) is 36.4 Å². The first-order valence-corrected chi connectivity index (χ1v) is 13.4. The fourth-order valence-electron chi connectivity index (χ4n) is 3.16. The molecule has 6 nitrogen and oxygen atoms in total. The number of thioether (sulfide) groups is 1. The van der Waals surface area contributed by atoms with Crippen LogP contribution in [0.4, 0.5) is 10.1 Å². The number of carbonyl (C=O) groups is 1. The van der Waals surface area contributed by atoms with E-state index in [-0.39, 0.29) is 17.3 Å². The lowest BCUT2D eigenvalue weighted by Gasteiger charge is -2.24. The summed E-state index contributed by atoms with van der Waals surface area (Å²) in [5.74, 6) is 0.946. The summed E-state index contributed by atoms with van der Waals surface area (Å²) in [7, 11) is -3.99. The summed E-state index contributed by atoms with van der Waals surface area (Å²) in [6, 6.07) is 21.2. The number of rotatable bonds is 12. The van der Waals surface area contributed by atoms with Gasteiger partial charge >= 0.3 is 0 Å². The SMILES string of the molecule is CCOc1ccc(S(=O)(=O)N(CC(=O)NCCSCc2ccccc2F)c2ccccc2)cc1. The fourth-order valence-corrected chi connectivity index (χ4v) is 5.42. The minimum Gasteiger partial charge on any atom is -0.494 e. The number of nitrogens with one attached hydrogen (secondary N) is 1. The Labute approximate surface area is 204 Å². The molecule has 180 valence electrons. The van der Waals surface area contributed by atoms with Crippen LogP contribution in [-0.4, -0.2) is 39.8 Å². The van der Waals surface area contributed by atoms with Gasteiger partial charge in [-0.15, -0.1) is 0 Å². The van der Waals surface area contributed by atoms with Gasteiger partial charge in [0.05, 0.1) is 17.2 Å². The van der Waals surface area contributed by atoms with Crippen molar-refractivity contribution in [3.8, 4) is 5.75 Å². The topological polar surface area (TPSA) is 75.7 Å². The average molecular weight is 503 g/mol. The number of nitrogens with zero attached hydrogens (tertiary/aromatic N) is 1.